The summed E-state index contributed by atoms with van der Waals surface area (Å²) < 4.78 is 5.12. The molecule has 7 heteroatoms. The highest BCUT2D eigenvalue weighted by Crippen LogP contribution is 2.33. The number of hydrogen-bond donors (Lipinski definition) is 2. The lowest BCUT2D eigenvalue weighted by atomic mass is 9.92. The van der Waals surface area contributed by atoms with Gasteiger partial charge in [0.2, 0.25) is 0 Å². The summed E-state index contributed by atoms with van der Waals surface area (Å²) in [6.07, 6.45) is 1.42. The first-order valence-electron chi connectivity index (χ1n) is 7.68. The second kappa shape index (κ2) is 6.72. The molecular weight excluding hydrogens is 338 g/mol. The van der Waals surface area contributed by atoms with E-state index in [9.17, 15) is 19.5 Å². The van der Waals surface area contributed by atoms with E-state index in [1.165, 1.54) is 31.4 Å². The Morgan fingerprint density at radius 1 is 1.12 bits per heavy atom. The number of phenolic OH excluding ortho intramolecular Hbond substituents is 1. The number of ether oxygens (including phenoxy) is 1. The number of phenols is 1. The fourth-order valence-electron chi connectivity index (χ4n) is 2.75. The summed E-state index contributed by atoms with van der Waals surface area (Å²) in [7, 11) is 1.47. The molecule has 0 aliphatic carbocycles. The molecule has 0 unspecified atom stereocenters. The van der Waals surface area contributed by atoms with Gasteiger partial charge < -0.3 is 14.9 Å². The number of fused-ring (bicyclic) bond motifs is 1. The Kier molecular flexibility index (Phi) is 4.45. The fraction of sp³-hybridized carbons (Fsp3) is 0.105. The minimum absolute atomic E-state index is 0.0785. The Labute approximate surface area is 148 Å². The van der Waals surface area contributed by atoms with Crippen molar-refractivity contribution in [1.82, 2.24) is 4.90 Å². The van der Waals surface area contributed by atoms with Crippen LogP contribution in [0.15, 0.2) is 42.5 Å². The summed E-state index contributed by atoms with van der Waals surface area (Å²) in [6.45, 7) is -0.743. The normalized spacial score (nSPS) is 15.1. The van der Waals surface area contributed by atoms with Gasteiger partial charge in [-0.1, -0.05) is 18.2 Å². The Morgan fingerprint density at radius 3 is 2.46 bits per heavy atom. The van der Waals surface area contributed by atoms with E-state index in [0.29, 0.717) is 21.8 Å². The molecule has 3 rings (SSSR count). The van der Waals surface area contributed by atoms with Crippen LogP contribution in [0.4, 0.5) is 0 Å². The smallest absolute Gasteiger partial charge is 0.323 e. The first kappa shape index (κ1) is 17.2. The molecule has 26 heavy (non-hydrogen) atoms. The molecule has 0 bridgehead atoms. The molecule has 1 heterocycles. The van der Waals surface area contributed by atoms with Gasteiger partial charge >= 0.3 is 5.97 Å². The highest BCUT2D eigenvalue weighted by Gasteiger charge is 2.35. The van der Waals surface area contributed by atoms with Crippen LogP contribution in [-0.4, -0.2) is 46.6 Å². The van der Waals surface area contributed by atoms with E-state index in [4.69, 9.17) is 9.84 Å². The molecule has 0 atom stereocenters. The lowest BCUT2D eigenvalue weighted by Gasteiger charge is -2.27. The molecule has 7 nitrogen and oxygen atoms in total. The van der Waals surface area contributed by atoms with Crippen molar-refractivity contribution in [2.45, 2.75) is 0 Å². The molecule has 0 fully saturated rings. The van der Waals surface area contributed by atoms with Crippen LogP contribution in [0.25, 0.3) is 11.6 Å². The first-order valence-corrected chi connectivity index (χ1v) is 7.68. The van der Waals surface area contributed by atoms with E-state index in [-0.39, 0.29) is 16.9 Å². The summed E-state index contributed by atoms with van der Waals surface area (Å²) >= 11 is 0. The van der Waals surface area contributed by atoms with Crippen molar-refractivity contribution in [2.75, 3.05) is 13.7 Å². The third-order valence-electron chi connectivity index (χ3n) is 4.00. The Hall–Kier alpha value is -3.61. The number of carbonyl (C=O) groups excluding carboxylic acids is 2. The molecule has 2 aromatic carbocycles. The van der Waals surface area contributed by atoms with Gasteiger partial charge in [0.1, 0.15) is 18.0 Å². The number of aliphatic carboxylic acids is 1. The molecule has 0 spiro atoms. The Morgan fingerprint density at radius 2 is 1.81 bits per heavy atom. The van der Waals surface area contributed by atoms with Gasteiger partial charge in [0.15, 0.2) is 0 Å². The largest absolute Gasteiger partial charge is 0.507 e. The molecule has 2 aromatic rings. The molecule has 0 radical (unpaired) electrons. The molecule has 2 amide bonds. The van der Waals surface area contributed by atoms with Crippen molar-refractivity contribution >= 4 is 29.4 Å². The predicted octanol–water partition coefficient (Wildman–Crippen LogP) is 2.01. The molecule has 132 valence electrons. The monoisotopic (exact) mass is 353 g/mol. The van der Waals surface area contributed by atoms with Gasteiger partial charge in [0.25, 0.3) is 11.8 Å². The van der Waals surface area contributed by atoms with Crippen molar-refractivity contribution in [3.63, 3.8) is 0 Å². The number of hydrogen-bond acceptors (Lipinski definition) is 5. The molecule has 1 aliphatic heterocycles. The average molecular weight is 353 g/mol. The SMILES string of the molecule is COc1ccc(O)c(/C=C2\C(=O)N(CC(=O)O)C(=O)c3ccccc32)c1. The number of amides is 2. The second-order valence-electron chi connectivity index (χ2n) is 5.62. The lowest BCUT2D eigenvalue weighted by molar-refractivity contribution is -0.141. The number of carbonyl (C=O) groups is 3. The minimum atomic E-state index is -1.30. The molecule has 0 saturated heterocycles. The van der Waals surface area contributed by atoms with Crippen molar-refractivity contribution in [3.05, 3.63) is 59.2 Å². The van der Waals surface area contributed by atoms with Crippen LogP contribution >= 0.6 is 0 Å². The average Bonchev–Trinajstić information content (AvgIpc) is 2.63. The molecular formula is C19H15NO6. The van der Waals surface area contributed by atoms with Crippen LogP contribution < -0.4 is 4.74 Å². The van der Waals surface area contributed by atoms with Gasteiger partial charge in [-0.05, 0) is 35.9 Å². The van der Waals surface area contributed by atoms with Gasteiger partial charge in [-0.15, -0.1) is 0 Å². The van der Waals surface area contributed by atoms with Crippen molar-refractivity contribution < 1.29 is 29.3 Å². The zero-order valence-electron chi connectivity index (χ0n) is 13.8. The van der Waals surface area contributed by atoms with Gasteiger partial charge in [0.05, 0.1) is 7.11 Å². The maximum Gasteiger partial charge on any atom is 0.323 e. The maximum atomic E-state index is 12.8. The molecule has 0 aromatic heterocycles. The van der Waals surface area contributed by atoms with Crippen LogP contribution in [0.1, 0.15) is 21.5 Å². The van der Waals surface area contributed by atoms with Crippen molar-refractivity contribution in [2.24, 2.45) is 0 Å². The fourth-order valence-corrected chi connectivity index (χ4v) is 2.75. The summed E-state index contributed by atoms with van der Waals surface area (Å²) in [5, 5.41) is 19.1. The second-order valence-corrected chi connectivity index (χ2v) is 5.62. The number of imide groups is 1. The van der Waals surface area contributed by atoms with Crippen LogP contribution in [0.3, 0.4) is 0 Å². The first-order chi connectivity index (χ1) is 12.4. The summed E-state index contributed by atoms with van der Waals surface area (Å²) in [5.41, 5.74) is 1.03. The summed E-state index contributed by atoms with van der Waals surface area (Å²) in [4.78, 5) is 37.0. The van der Waals surface area contributed by atoms with Gasteiger partial charge in [0, 0.05) is 16.7 Å². The summed E-state index contributed by atoms with van der Waals surface area (Å²) in [5.74, 6) is -2.30. The zero-order valence-corrected chi connectivity index (χ0v) is 13.8. The van der Waals surface area contributed by atoms with Crippen LogP contribution in [0.5, 0.6) is 11.5 Å². The van der Waals surface area contributed by atoms with E-state index in [2.05, 4.69) is 0 Å². The van der Waals surface area contributed by atoms with Gasteiger partial charge in [-0.25, -0.2) is 0 Å². The molecule has 0 saturated carbocycles. The number of benzene rings is 2. The van der Waals surface area contributed by atoms with Crippen LogP contribution in [0.2, 0.25) is 0 Å². The summed E-state index contributed by atoms with van der Waals surface area (Å²) in [6, 6.07) is 11.0. The molecule has 1 aliphatic rings. The molecule has 2 N–H and O–H groups in total. The topological polar surface area (TPSA) is 104 Å². The standard InChI is InChI=1S/C19H15NO6/c1-26-12-6-7-16(21)11(8-12)9-15-13-4-2-3-5-14(13)18(24)20(19(15)25)10-17(22)23/h2-9,21H,10H2,1H3,(H,22,23)/b15-9-. The number of nitrogens with zero attached hydrogens (tertiary/aromatic N) is 1. The van der Waals surface area contributed by atoms with Gasteiger partial charge in [-0.3, -0.25) is 19.3 Å². The Bertz CT molecular complexity index is 947. The minimum Gasteiger partial charge on any atom is -0.507 e. The highest BCUT2D eigenvalue weighted by molar-refractivity contribution is 6.34. The number of methoxy groups -OCH3 is 1. The van der Waals surface area contributed by atoms with Crippen molar-refractivity contribution in [3.8, 4) is 11.5 Å². The lowest BCUT2D eigenvalue weighted by Crippen LogP contribution is -2.44. The van der Waals surface area contributed by atoms with Gasteiger partial charge in [-0.2, -0.15) is 0 Å². The van der Waals surface area contributed by atoms with E-state index >= 15 is 0 Å². The Balaban J connectivity index is 2.18. The van der Waals surface area contributed by atoms with E-state index in [0.717, 1.165) is 0 Å². The number of rotatable bonds is 4. The van der Waals surface area contributed by atoms with Crippen molar-refractivity contribution in [1.29, 1.82) is 0 Å². The van der Waals surface area contributed by atoms with E-state index < -0.39 is 24.3 Å². The highest BCUT2D eigenvalue weighted by atomic mass is 16.5. The van der Waals surface area contributed by atoms with E-state index in [1.807, 2.05) is 0 Å². The third-order valence-corrected chi connectivity index (χ3v) is 4.00. The number of aromatic hydroxyl groups is 1. The zero-order chi connectivity index (χ0) is 18.8. The van der Waals surface area contributed by atoms with Crippen LogP contribution in [-0.2, 0) is 9.59 Å². The number of carboxylic acid groups (broad SMARTS) is 1. The predicted molar refractivity (Wildman–Crippen MR) is 92.7 cm³/mol. The quantitative estimate of drug-likeness (QED) is 0.644. The number of carboxylic acids is 1. The third kappa shape index (κ3) is 3.02. The van der Waals surface area contributed by atoms with E-state index in [1.54, 1.807) is 24.3 Å². The maximum absolute atomic E-state index is 12.8. The van der Waals surface area contributed by atoms with Crippen LogP contribution in [0, 0.1) is 0 Å².